The second-order valence-electron chi connectivity index (χ2n) is 4.32. The predicted octanol–water partition coefficient (Wildman–Crippen LogP) is 2.02. The Hall–Kier alpha value is -1.78. The number of aromatic nitrogens is 4. The van der Waals surface area contributed by atoms with Crippen molar-refractivity contribution in [2.24, 2.45) is 13.0 Å². The number of hydrogen-bond donors (Lipinski definition) is 1. The largest absolute Gasteiger partial charge is 0.323 e. The molecule has 0 bridgehead atoms. The van der Waals surface area contributed by atoms with E-state index in [2.05, 4.69) is 33.8 Å². The zero-order chi connectivity index (χ0) is 11.5. The summed E-state index contributed by atoms with van der Waals surface area (Å²) in [4.78, 5) is 4.29. The van der Waals surface area contributed by atoms with Gasteiger partial charge in [-0.2, -0.15) is 5.10 Å². The molecule has 0 aliphatic rings. The summed E-state index contributed by atoms with van der Waals surface area (Å²) in [6.07, 6.45) is 7.50. The normalized spacial score (nSPS) is 11.0. The number of aryl methyl sites for hydroxylation is 1. The molecule has 5 nitrogen and oxygen atoms in total. The number of imidazole rings is 1. The average molecular weight is 219 g/mol. The van der Waals surface area contributed by atoms with Crippen LogP contribution < -0.4 is 5.32 Å². The lowest BCUT2D eigenvalue weighted by atomic mass is 10.2. The Morgan fingerprint density at radius 2 is 2.25 bits per heavy atom. The molecule has 2 aromatic rings. The summed E-state index contributed by atoms with van der Waals surface area (Å²) in [5.41, 5.74) is 0.957. The fraction of sp³-hybridized carbons (Fsp3) is 0.455. The number of nitrogens with zero attached hydrogens (tertiary/aromatic N) is 4. The van der Waals surface area contributed by atoms with Gasteiger partial charge in [-0.15, -0.1) is 0 Å². The fourth-order valence-corrected chi connectivity index (χ4v) is 1.59. The molecule has 0 atom stereocenters. The lowest BCUT2D eigenvalue weighted by molar-refractivity contribution is 0.527. The third kappa shape index (κ3) is 2.42. The minimum Gasteiger partial charge on any atom is -0.323 e. The monoisotopic (exact) mass is 219 g/mol. The van der Waals surface area contributed by atoms with E-state index in [0.29, 0.717) is 5.92 Å². The van der Waals surface area contributed by atoms with Crippen LogP contribution in [0.1, 0.15) is 13.8 Å². The predicted molar refractivity (Wildman–Crippen MR) is 63.6 cm³/mol. The minimum atomic E-state index is 0.601. The van der Waals surface area contributed by atoms with Crippen LogP contribution in [0.4, 0.5) is 11.6 Å². The van der Waals surface area contributed by atoms with Crippen LogP contribution in [0.5, 0.6) is 0 Å². The minimum absolute atomic E-state index is 0.601. The van der Waals surface area contributed by atoms with Crippen molar-refractivity contribution in [3.8, 4) is 0 Å². The van der Waals surface area contributed by atoms with Crippen molar-refractivity contribution >= 4 is 11.6 Å². The Morgan fingerprint density at radius 1 is 1.44 bits per heavy atom. The summed E-state index contributed by atoms with van der Waals surface area (Å²) in [5.74, 6) is 1.46. The molecule has 0 spiro atoms. The van der Waals surface area contributed by atoms with Gasteiger partial charge < -0.3 is 9.88 Å². The van der Waals surface area contributed by atoms with Crippen LogP contribution in [0.3, 0.4) is 0 Å². The molecule has 2 heterocycles. The van der Waals surface area contributed by atoms with Gasteiger partial charge in [0.05, 0.1) is 11.9 Å². The van der Waals surface area contributed by atoms with Crippen LogP contribution in [0, 0.1) is 5.92 Å². The molecule has 0 amide bonds. The maximum Gasteiger partial charge on any atom is 0.207 e. The molecule has 1 N–H and O–H groups in total. The van der Waals surface area contributed by atoms with E-state index in [1.807, 2.05) is 19.4 Å². The average Bonchev–Trinajstić information content (AvgIpc) is 2.77. The van der Waals surface area contributed by atoms with Gasteiger partial charge in [-0.3, -0.25) is 4.68 Å². The molecule has 0 aromatic carbocycles. The second-order valence-corrected chi connectivity index (χ2v) is 4.32. The van der Waals surface area contributed by atoms with Crippen LogP contribution in [0.15, 0.2) is 24.8 Å². The zero-order valence-electron chi connectivity index (χ0n) is 9.88. The van der Waals surface area contributed by atoms with Gasteiger partial charge in [0.1, 0.15) is 0 Å². The molecule has 0 radical (unpaired) electrons. The topological polar surface area (TPSA) is 47.7 Å². The summed E-state index contributed by atoms with van der Waals surface area (Å²) < 4.78 is 3.87. The van der Waals surface area contributed by atoms with Crippen LogP contribution in [0.2, 0.25) is 0 Å². The maximum atomic E-state index is 4.29. The first-order chi connectivity index (χ1) is 7.65. The number of hydrogen-bond acceptors (Lipinski definition) is 3. The van der Waals surface area contributed by atoms with Crippen LogP contribution in [-0.4, -0.2) is 19.3 Å². The second kappa shape index (κ2) is 4.38. The first-order valence-electron chi connectivity index (χ1n) is 5.42. The molecular weight excluding hydrogens is 202 g/mol. The Morgan fingerprint density at radius 3 is 2.88 bits per heavy atom. The molecule has 0 aliphatic heterocycles. The summed E-state index contributed by atoms with van der Waals surface area (Å²) >= 11 is 0. The lowest BCUT2D eigenvalue weighted by Crippen LogP contribution is -2.07. The van der Waals surface area contributed by atoms with Gasteiger partial charge in [-0.25, -0.2) is 4.98 Å². The first-order valence-corrected chi connectivity index (χ1v) is 5.42. The van der Waals surface area contributed by atoms with E-state index in [1.165, 1.54) is 0 Å². The molecule has 86 valence electrons. The van der Waals surface area contributed by atoms with Crippen molar-refractivity contribution in [3.63, 3.8) is 0 Å². The van der Waals surface area contributed by atoms with Gasteiger partial charge in [0.2, 0.25) is 5.95 Å². The standard InChI is InChI=1S/C11H17N5/c1-9(2)7-16-5-4-12-11(16)14-10-6-13-15(3)8-10/h4-6,8-9H,7H2,1-3H3,(H,12,14). The van der Waals surface area contributed by atoms with Crippen molar-refractivity contribution < 1.29 is 0 Å². The quantitative estimate of drug-likeness (QED) is 0.855. The molecule has 0 saturated carbocycles. The molecule has 0 aliphatic carbocycles. The van der Waals surface area contributed by atoms with Crippen molar-refractivity contribution in [2.45, 2.75) is 20.4 Å². The highest BCUT2D eigenvalue weighted by Gasteiger charge is 2.05. The SMILES string of the molecule is CC(C)Cn1ccnc1Nc1cnn(C)c1. The number of nitrogens with one attached hydrogen (secondary N) is 1. The van der Waals surface area contributed by atoms with Gasteiger partial charge in [-0.1, -0.05) is 13.8 Å². The molecule has 2 aromatic heterocycles. The summed E-state index contributed by atoms with van der Waals surface area (Å²) in [7, 11) is 1.89. The molecule has 5 heteroatoms. The summed E-state index contributed by atoms with van der Waals surface area (Å²) in [6, 6.07) is 0. The van der Waals surface area contributed by atoms with E-state index < -0.39 is 0 Å². The molecule has 16 heavy (non-hydrogen) atoms. The van der Waals surface area contributed by atoms with Gasteiger partial charge in [-0.05, 0) is 5.92 Å². The van der Waals surface area contributed by atoms with Gasteiger partial charge in [0, 0.05) is 32.2 Å². The third-order valence-corrected chi connectivity index (χ3v) is 2.24. The van der Waals surface area contributed by atoms with Gasteiger partial charge in [0.25, 0.3) is 0 Å². The van der Waals surface area contributed by atoms with E-state index >= 15 is 0 Å². The summed E-state index contributed by atoms with van der Waals surface area (Å²) in [6.45, 7) is 5.34. The Balaban J connectivity index is 2.12. The Kier molecular flexibility index (Phi) is 2.94. The van der Waals surface area contributed by atoms with E-state index in [9.17, 15) is 0 Å². The molecular formula is C11H17N5. The van der Waals surface area contributed by atoms with Crippen LogP contribution in [-0.2, 0) is 13.6 Å². The van der Waals surface area contributed by atoms with E-state index in [4.69, 9.17) is 0 Å². The number of anilines is 2. The first kappa shape index (κ1) is 10.7. The van der Waals surface area contributed by atoms with E-state index in [-0.39, 0.29) is 0 Å². The Labute approximate surface area is 95.1 Å². The van der Waals surface area contributed by atoms with Gasteiger partial charge >= 0.3 is 0 Å². The Bertz CT molecular complexity index is 454. The van der Waals surface area contributed by atoms with Gasteiger partial charge in [0.15, 0.2) is 0 Å². The van der Waals surface area contributed by atoms with Crippen LogP contribution >= 0.6 is 0 Å². The highest BCUT2D eigenvalue weighted by molar-refractivity contribution is 5.50. The lowest BCUT2D eigenvalue weighted by Gasteiger charge is -2.10. The van der Waals surface area contributed by atoms with Crippen molar-refractivity contribution in [2.75, 3.05) is 5.32 Å². The molecule has 2 rings (SSSR count). The van der Waals surface area contributed by atoms with Crippen molar-refractivity contribution in [3.05, 3.63) is 24.8 Å². The van der Waals surface area contributed by atoms with Crippen LogP contribution in [0.25, 0.3) is 0 Å². The molecule has 0 unspecified atom stereocenters. The highest BCUT2D eigenvalue weighted by Crippen LogP contribution is 2.14. The zero-order valence-corrected chi connectivity index (χ0v) is 9.88. The van der Waals surface area contributed by atoms with Crippen molar-refractivity contribution in [1.82, 2.24) is 19.3 Å². The van der Waals surface area contributed by atoms with E-state index in [1.54, 1.807) is 17.1 Å². The maximum absolute atomic E-state index is 4.29. The molecule has 0 fully saturated rings. The molecule has 0 saturated heterocycles. The van der Waals surface area contributed by atoms with Crippen molar-refractivity contribution in [1.29, 1.82) is 0 Å². The number of rotatable bonds is 4. The third-order valence-electron chi connectivity index (χ3n) is 2.24. The summed E-state index contributed by atoms with van der Waals surface area (Å²) in [5, 5.41) is 7.35. The fourth-order valence-electron chi connectivity index (χ4n) is 1.59. The highest BCUT2D eigenvalue weighted by atomic mass is 15.3. The van der Waals surface area contributed by atoms with E-state index in [0.717, 1.165) is 18.2 Å². The smallest absolute Gasteiger partial charge is 0.207 e.